The van der Waals surface area contributed by atoms with E-state index in [2.05, 4.69) is 10.3 Å². The molecule has 122 valence electrons. The van der Waals surface area contributed by atoms with Crippen molar-refractivity contribution in [2.75, 3.05) is 0 Å². The summed E-state index contributed by atoms with van der Waals surface area (Å²) in [6, 6.07) is 4.45. The zero-order chi connectivity index (χ0) is 17.4. The Kier molecular flexibility index (Phi) is 4.98. The first kappa shape index (κ1) is 17.7. The van der Waals surface area contributed by atoms with Crippen LogP contribution in [0.25, 0.3) is 0 Å². The number of thiazole rings is 1. The molecule has 0 aliphatic heterocycles. The Hall–Kier alpha value is -1.63. The molecule has 1 atom stereocenters. The number of amides is 1. The van der Waals surface area contributed by atoms with Crippen molar-refractivity contribution in [3.63, 3.8) is 0 Å². The Bertz CT molecular complexity index is 791. The van der Waals surface area contributed by atoms with Crippen molar-refractivity contribution in [3.05, 3.63) is 49.4 Å². The molecule has 1 aromatic heterocycles. The minimum atomic E-state index is -1.64. The van der Waals surface area contributed by atoms with E-state index < -0.39 is 17.4 Å². The number of hydrogen-bond donors (Lipinski definition) is 2. The molecule has 1 heterocycles. The van der Waals surface area contributed by atoms with Gasteiger partial charge in [-0.3, -0.25) is 4.79 Å². The maximum atomic E-state index is 12.5. The van der Waals surface area contributed by atoms with Gasteiger partial charge in [-0.25, -0.2) is 9.78 Å². The molecule has 0 saturated heterocycles. The molecule has 0 saturated carbocycles. The third-order valence-corrected chi connectivity index (χ3v) is 5.21. The number of aromatic nitrogens is 1. The number of hydrogen-bond acceptors (Lipinski definition) is 4. The van der Waals surface area contributed by atoms with Crippen molar-refractivity contribution in [1.82, 2.24) is 10.3 Å². The minimum Gasteiger partial charge on any atom is -0.479 e. The van der Waals surface area contributed by atoms with E-state index in [-0.39, 0.29) is 5.02 Å². The van der Waals surface area contributed by atoms with Crippen LogP contribution < -0.4 is 5.32 Å². The number of rotatable bonds is 4. The maximum Gasteiger partial charge on any atom is 0.333 e. The smallest absolute Gasteiger partial charge is 0.333 e. The highest BCUT2D eigenvalue weighted by atomic mass is 35.5. The van der Waals surface area contributed by atoms with Crippen molar-refractivity contribution in [1.29, 1.82) is 0 Å². The predicted octanol–water partition coefficient (Wildman–Crippen LogP) is 3.80. The lowest BCUT2D eigenvalue weighted by atomic mass is 9.92. The van der Waals surface area contributed by atoms with Gasteiger partial charge in [0.15, 0.2) is 5.54 Å². The molecule has 0 radical (unpaired) electrons. The number of carbonyl (C=O) groups is 2. The van der Waals surface area contributed by atoms with E-state index in [4.69, 9.17) is 23.2 Å². The van der Waals surface area contributed by atoms with Crippen molar-refractivity contribution in [2.45, 2.75) is 26.3 Å². The highest BCUT2D eigenvalue weighted by molar-refractivity contribution is 7.13. The number of carboxylic acid groups (broad SMARTS) is 1. The van der Waals surface area contributed by atoms with Gasteiger partial charge in [0.2, 0.25) is 0 Å². The van der Waals surface area contributed by atoms with Crippen LogP contribution in [-0.4, -0.2) is 22.0 Å². The zero-order valence-corrected chi connectivity index (χ0v) is 14.9. The monoisotopic (exact) mass is 372 g/mol. The van der Waals surface area contributed by atoms with Crippen LogP contribution in [0.2, 0.25) is 10.0 Å². The lowest BCUT2D eigenvalue weighted by Crippen LogP contribution is -2.49. The van der Waals surface area contributed by atoms with Gasteiger partial charge in [0.05, 0.1) is 20.7 Å². The molecule has 8 heteroatoms. The van der Waals surface area contributed by atoms with Gasteiger partial charge in [-0.15, -0.1) is 11.3 Å². The van der Waals surface area contributed by atoms with Crippen LogP contribution in [0.5, 0.6) is 0 Å². The average molecular weight is 373 g/mol. The number of carbonyl (C=O) groups excluding carboxylic acids is 1. The van der Waals surface area contributed by atoms with Crippen molar-refractivity contribution in [2.24, 2.45) is 0 Å². The Balaban J connectivity index is 2.41. The molecule has 1 unspecified atom stereocenters. The second kappa shape index (κ2) is 6.47. The lowest BCUT2D eigenvalue weighted by molar-refractivity contribution is -0.144. The van der Waals surface area contributed by atoms with Crippen LogP contribution in [0.1, 0.15) is 32.9 Å². The quantitative estimate of drug-likeness (QED) is 0.855. The van der Waals surface area contributed by atoms with E-state index in [1.54, 1.807) is 13.8 Å². The minimum absolute atomic E-state index is 0.218. The molecule has 2 N–H and O–H groups in total. The van der Waals surface area contributed by atoms with Crippen LogP contribution in [0, 0.1) is 13.8 Å². The van der Waals surface area contributed by atoms with E-state index in [1.807, 2.05) is 0 Å². The van der Waals surface area contributed by atoms with Crippen LogP contribution in [-0.2, 0) is 10.3 Å². The highest BCUT2D eigenvalue weighted by Crippen LogP contribution is 2.30. The number of aryl methyl sites for hydroxylation is 2. The van der Waals surface area contributed by atoms with Crippen molar-refractivity contribution < 1.29 is 14.7 Å². The highest BCUT2D eigenvalue weighted by Gasteiger charge is 2.38. The molecule has 0 spiro atoms. The summed E-state index contributed by atoms with van der Waals surface area (Å²) >= 11 is 13.0. The lowest BCUT2D eigenvalue weighted by Gasteiger charge is -2.27. The van der Waals surface area contributed by atoms with Crippen LogP contribution >= 0.6 is 34.5 Å². The summed E-state index contributed by atoms with van der Waals surface area (Å²) in [4.78, 5) is 28.8. The van der Waals surface area contributed by atoms with Gasteiger partial charge in [-0.2, -0.15) is 0 Å². The number of nitrogens with one attached hydrogen (secondary N) is 1. The topological polar surface area (TPSA) is 79.3 Å². The van der Waals surface area contributed by atoms with E-state index in [1.165, 1.54) is 36.5 Å². The van der Waals surface area contributed by atoms with Crippen LogP contribution in [0.15, 0.2) is 18.2 Å². The average Bonchev–Trinajstić information content (AvgIpc) is 2.80. The number of nitrogens with zero attached hydrogens (tertiary/aromatic N) is 1. The second-order valence-electron chi connectivity index (χ2n) is 5.16. The maximum absolute atomic E-state index is 12.5. The van der Waals surface area contributed by atoms with Gasteiger partial charge in [0.25, 0.3) is 5.91 Å². The van der Waals surface area contributed by atoms with Gasteiger partial charge in [-0.1, -0.05) is 29.3 Å². The number of carboxylic acids is 1. The fraction of sp³-hybridized carbons (Fsp3) is 0.267. The second-order valence-corrected chi connectivity index (χ2v) is 7.18. The number of aliphatic carboxylic acids is 1. The largest absolute Gasteiger partial charge is 0.479 e. The molecule has 1 aromatic carbocycles. The van der Waals surface area contributed by atoms with Gasteiger partial charge in [0.1, 0.15) is 4.88 Å². The summed E-state index contributed by atoms with van der Waals surface area (Å²) in [5.74, 6) is -1.70. The Morgan fingerprint density at radius 1 is 1.26 bits per heavy atom. The van der Waals surface area contributed by atoms with E-state index in [0.717, 1.165) is 5.01 Å². The van der Waals surface area contributed by atoms with Gasteiger partial charge in [-0.05, 0) is 38.5 Å². The molecular weight excluding hydrogens is 359 g/mol. The van der Waals surface area contributed by atoms with Crippen molar-refractivity contribution >= 4 is 46.4 Å². The van der Waals surface area contributed by atoms with E-state index in [9.17, 15) is 14.7 Å². The molecule has 2 rings (SSSR count). The third kappa shape index (κ3) is 3.49. The first-order chi connectivity index (χ1) is 10.6. The van der Waals surface area contributed by atoms with E-state index in [0.29, 0.717) is 21.2 Å². The number of benzene rings is 1. The standard InChI is InChI=1S/C15H14Cl2N2O3S/c1-7-12(23-8(2)18-7)13(20)19-15(3,14(21)22)9-4-5-10(16)11(17)6-9/h4-6H,1-3H3,(H,19,20)(H,21,22). The molecule has 5 nitrogen and oxygen atoms in total. The summed E-state index contributed by atoms with van der Waals surface area (Å²) in [6.07, 6.45) is 0. The molecular formula is C15H14Cl2N2O3S. The number of halogens is 2. The summed E-state index contributed by atoms with van der Waals surface area (Å²) in [5, 5.41) is 13.4. The molecule has 0 fully saturated rings. The molecule has 1 amide bonds. The van der Waals surface area contributed by atoms with Gasteiger partial charge in [0, 0.05) is 0 Å². The van der Waals surface area contributed by atoms with Gasteiger partial charge < -0.3 is 10.4 Å². The van der Waals surface area contributed by atoms with Crippen LogP contribution in [0.4, 0.5) is 0 Å². The fourth-order valence-corrected chi connectivity index (χ4v) is 3.20. The molecule has 2 aromatic rings. The first-order valence-corrected chi connectivity index (χ1v) is 8.18. The summed E-state index contributed by atoms with van der Waals surface area (Å²) in [5.41, 5.74) is -0.756. The molecule has 0 aliphatic rings. The van der Waals surface area contributed by atoms with Crippen LogP contribution in [0.3, 0.4) is 0 Å². The van der Waals surface area contributed by atoms with Gasteiger partial charge >= 0.3 is 5.97 Å². The zero-order valence-electron chi connectivity index (χ0n) is 12.6. The summed E-state index contributed by atoms with van der Waals surface area (Å²) in [7, 11) is 0. The Labute approximate surface area is 147 Å². The third-order valence-electron chi connectivity index (χ3n) is 3.40. The molecule has 0 aliphatic carbocycles. The molecule has 23 heavy (non-hydrogen) atoms. The fourth-order valence-electron chi connectivity index (χ4n) is 2.08. The van der Waals surface area contributed by atoms with E-state index >= 15 is 0 Å². The normalized spacial score (nSPS) is 13.4. The summed E-state index contributed by atoms with van der Waals surface area (Å²) < 4.78 is 0. The SMILES string of the molecule is Cc1nc(C)c(C(=O)NC(C)(C(=O)O)c2ccc(Cl)c(Cl)c2)s1. The summed E-state index contributed by atoms with van der Waals surface area (Å²) in [6.45, 7) is 4.88. The Morgan fingerprint density at radius 3 is 2.39 bits per heavy atom. The Morgan fingerprint density at radius 2 is 1.91 bits per heavy atom. The molecule has 0 bridgehead atoms. The van der Waals surface area contributed by atoms with Crippen molar-refractivity contribution in [3.8, 4) is 0 Å². The first-order valence-electron chi connectivity index (χ1n) is 6.60. The predicted molar refractivity (Wildman–Crippen MR) is 90.5 cm³/mol.